The average molecular weight is 353 g/mol. The largest absolute Gasteiger partial charge is 0.349 e. The molecule has 0 bridgehead atoms. The van der Waals surface area contributed by atoms with Gasteiger partial charge in [0.1, 0.15) is 0 Å². The highest BCUT2D eigenvalue weighted by Crippen LogP contribution is 2.25. The monoisotopic (exact) mass is 352 g/mol. The SMILES string of the molecule is Cc1ccccc1C(CC(C)C)NC(=O)CCC1CCNCC1.Cl. The smallest absolute Gasteiger partial charge is 0.220 e. The van der Waals surface area contributed by atoms with Crippen molar-refractivity contribution in [1.29, 1.82) is 0 Å². The lowest BCUT2D eigenvalue weighted by atomic mass is 9.92. The number of halogens is 1. The molecule has 1 aromatic rings. The quantitative estimate of drug-likeness (QED) is 0.763. The summed E-state index contributed by atoms with van der Waals surface area (Å²) in [5.41, 5.74) is 2.52. The predicted octanol–water partition coefficient (Wildman–Crippen LogP) is 4.40. The molecule has 0 aliphatic carbocycles. The number of piperidine rings is 1. The molecule has 2 rings (SSSR count). The topological polar surface area (TPSA) is 41.1 Å². The van der Waals surface area contributed by atoms with Crippen LogP contribution in [0.25, 0.3) is 0 Å². The second-order valence-electron chi connectivity index (χ2n) is 7.34. The molecule has 2 N–H and O–H groups in total. The zero-order valence-corrected chi connectivity index (χ0v) is 16.1. The summed E-state index contributed by atoms with van der Waals surface area (Å²) in [4.78, 5) is 12.4. The van der Waals surface area contributed by atoms with Crippen LogP contribution in [0.5, 0.6) is 0 Å². The number of nitrogens with one attached hydrogen (secondary N) is 2. The fraction of sp³-hybridized carbons (Fsp3) is 0.650. The molecule has 0 saturated carbocycles. The minimum absolute atomic E-state index is 0. The maximum absolute atomic E-state index is 12.4. The van der Waals surface area contributed by atoms with Crippen molar-refractivity contribution in [3.05, 3.63) is 35.4 Å². The number of hydrogen-bond acceptors (Lipinski definition) is 2. The van der Waals surface area contributed by atoms with Crippen LogP contribution in [0.15, 0.2) is 24.3 Å². The van der Waals surface area contributed by atoms with Crippen molar-refractivity contribution in [2.24, 2.45) is 11.8 Å². The van der Waals surface area contributed by atoms with E-state index >= 15 is 0 Å². The van der Waals surface area contributed by atoms with Crippen molar-refractivity contribution in [1.82, 2.24) is 10.6 Å². The van der Waals surface area contributed by atoms with Crippen LogP contribution in [0, 0.1) is 18.8 Å². The van der Waals surface area contributed by atoms with Crippen molar-refractivity contribution < 1.29 is 4.79 Å². The highest BCUT2D eigenvalue weighted by Gasteiger charge is 2.19. The van der Waals surface area contributed by atoms with Gasteiger partial charge in [0.25, 0.3) is 0 Å². The van der Waals surface area contributed by atoms with Crippen molar-refractivity contribution in [3.63, 3.8) is 0 Å². The number of aryl methyl sites for hydroxylation is 1. The molecule has 1 unspecified atom stereocenters. The molecule has 3 nitrogen and oxygen atoms in total. The van der Waals surface area contributed by atoms with Gasteiger partial charge in [0.15, 0.2) is 0 Å². The number of carbonyl (C=O) groups excluding carboxylic acids is 1. The van der Waals surface area contributed by atoms with E-state index in [1.165, 1.54) is 24.0 Å². The lowest BCUT2D eigenvalue weighted by molar-refractivity contribution is -0.122. The van der Waals surface area contributed by atoms with Crippen LogP contribution < -0.4 is 10.6 Å². The summed E-state index contributed by atoms with van der Waals surface area (Å²) >= 11 is 0. The fourth-order valence-corrected chi connectivity index (χ4v) is 3.48. The first-order valence-corrected chi connectivity index (χ1v) is 9.12. The molecule has 0 radical (unpaired) electrons. The summed E-state index contributed by atoms with van der Waals surface area (Å²) in [6.07, 6.45) is 5.09. The predicted molar refractivity (Wildman–Crippen MR) is 104 cm³/mol. The first-order chi connectivity index (χ1) is 11.1. The van der Waals surface area contributed by atoms with Gasteiger partial charge in [-0.1, -0.05) is 38.1 Å². The molecule has 1 amide bonds. The Morgan fingerprint density at radius 1 is 1.25 bits per heavy atom. The van der Waals surface area contributed by atoms with Gasteiger partial charge in [0, 0.05) is 6.42 Å². The Kier molecular flexibility index (Phi) is 9.38. The van der Waals surface area contributed by atoms with E-state index in [1.54, 1.807) is 0 Å². The lowest BCUT2D eigenvalue weighted by Gasteiger charge is -2.25. The molecular formula is C20H33ClN2O. The molecule has 1 fully saturated rings. The number of carbonyl (C=O) groups is 1. The zero-order valence-electron chi connectivity index (χ0n) is 15.3. The van der Waals surface area contributed by atoms with Gasteiger partial charge in [-0.15, -0.1) is 12.4 Å². The van der Waals surface area contributed by atoms with E-state index in [4.69, 9.17) is 0 Å². The number of hydrogen-bond donors (Lipinski definition) is 2. The molecule has 1 atom stereocenters. The van der Waals surface area contributed by atoms with E-state index in [1.807, 2.05) is 0 Å². The van der Waals surface area contributed by atoms with Crippen LogP contribution in [-0.2, 0) is 4.79 Å². The molecule has 24 heavy (non-hydrogen) atoms. The van der Waals surface area contributed by atoms with Gasteiger partial charge in [0.2, 0.25) is 5.91 Å². The summed E-state index contributed by atoms with van der Waals surface area (Å²) in [7, 11) is 0. The number of rotatable bonds is 7. The second-order valence-corrected chi connectivity index (χ2v) is 7.34. The molecule has 136 valence electrons. The minimum atomic E-state index is 0. The molecule has 1 heterocycles. The summed E-state index contributed by atoms with van der Waals surface area (Å²) in [5, 5.41) is 6.67. The summed E-state index contributed by atoms with van der Waals surface area (Å²) < 4.78 is 0. The Bertz CT molecular complexity index is 498. The first-order valence-electron chi connectivity index (χ1n) is 9.12. The van der Waals surface area contributed by atoms with Crippen molar-refractivity contribution >= 4 is 18.3 Å². The number of benzene rings is 1. The third-order valence-electron chi connectivity index (χ3n) is 4.84. The van der Waals surface area contributed by atoms with Crippen LogP contribution in [-0.4, -0.2) is 19.0 Å². The molecule has 1 aliphatic rings. The molecule has 1 saturated heterocycles. The summed E-state index contributed by atoms with van der Waals surface area (Å²) in [5.74, 6) is 1.48. The van der Waals surface area contributed by atoms with Crippen molar-refractivity contribution in [2.75, 3.05) is 13.1 Å². The third-order valence-corrected chi connectivity index (χ3v) is 4.84. The standard InChI is InChI=1S/C20H32N2O.ClH/c1-15(2)14-19(18-7-5-4-6-16(18)3)22-20(23)9-8-17-10-12-21-13-11-17;/h4-7,15,17,19,21H,8-14H2,1-3H3,(H,22,23);1H. The van der Waals surface area contributed by atoms with Gasteiger partial charge in [-0.2, -0.15) is 0 Å². The number of amides is 1. The Balaban J connectivity index is 0.00000288. The molecule has 0 aromatic heterocycles. The summed E-state index contributed by atoms with van der Waals surface area (Å²) in [6, 6.07) is 8.54. The van der Waals surface area contributed by atoms with E-state index in [-0.39, 0.29) is 24.4 Å². The lowest BCUT2D eigenvalue weighted by Crippen LogP contribution is -2.32. The van der Waals surface area contributed by atoms with Gasteiger partial charge >= 0.3 is 0 Å². The van der Waals surface area contributed by atoms with Gasteiger partial charge in [-0.25, -0.2) is 0 Å². The maximum atomic E-state index is 12.4. The van der Waals surface area contributed by atoms with E-state index in [0.29, 0.717) is 18.3 Å². The van der Waals surface area contributed by atoms with Crippen LogP contribution in [0.3, 0.4) is 0 Å². The van der Waals surface area contributed by atoms with Crippen molar-refractivity contribution in [3.8, 4) is 0 Å². The molecule has 4 heteroatoms. The molecule has 1 aliphatic heterocycles. The van der Waals surface area contributed by atoms with Crippen LogP contribution in [0.2, 0.25) is 0 Å². The van der Waals surface area contributed by atoms with Gasteiger partial charge in [-0.3, -0.25) is 4.79 Å². The minimum Gasteiger partial charge on any atom is -0.349 e. The van der Waals surface area contributed by atoms with Crippen molar-refractivity contribution in [2.45, 2.75) is 58.9 Å². The highest BCUT2D eigenvalue weighted by molar-refractivity contribution is 5.85. The van der Waals surface area contributed by atoms with Gasteiger partial charge < -0.3 is 10.6 Å². The van der Waals surface area contributed by atoms with Crippen LogP contribution in [0.1, 0.15) is 63.1 Å². The zero-order chi connectivity index (χ0) is 16.7. The highest BCUT2D eigenvalue weighted by atomic mass is 35.5. The van der Waals surface area contributed by atoms with Crippen LogP contribution in [0.4, 0.5) is 0 Å². The first kappa shape index (κ1) is 21.0. The van der Waals surface area contributed by atoms with Gasteiger partial charge in [0.05, 0.1) is 6.04 Å². The van der Waals surface area contributed by atoms with E-state index < -0.39 is 0 Å². The summed E-state index contributed by atoms with van der Waals surface area (Å²) in [6.45, 7) is 8.76. The Hall–Kier alpha value is -1.06. The second kappa shape index (κ2) is 10.7. The Morgan fingerprint density at radius 3 is 2.54 bits per heavy atom. The van der Waals surface area contributed by atoms with Crippen LogP contribution >= 0.6 is 12.4 Å². The van der Waals surface area contributed by atoms with E-state index in [2.05, 4.69) is 55.7 Å². The maximum Gasteiger partial charge on any atom is 0.220 e. The normalized spacial score (nSPS) is 16.5. The van der Waals surface area contributed by atoms with Gasteiger partial charge in [-0.05, 0) is 68.7 Å². The molecular weight excluding hydrogens is 320 g/mol. The Morgan fingerprint density at radius 2 is 1.92 bits per heavy atom. The molecule has 0 spiro atoms. The Labute approximate surface area is 153 Å². The fourth-order valence-electron chi connectivity index (χ4n) is 3.48. The van der Waals surface area contributed by atoms with E-state index in [9.17, 15) is 4.79 Å². The third kappa shape index (κ3) is 6.82. The van der Waals surface area contributed by atoms with E-state index in [0.717, 1.165) is 25.9 Å². The molecule has 1 aromatic carbocycles. The average Bonchev–Trinajstić information content (AvgIpc) is 2.53.